The Hall–Kier alpha value is -2.26. The number of carbonyl (C=O) groups is 1. The highest BCUT2D eigenvalue weighted by atomic mass is 32.2. The van der Waals surface area contributed by atoms with Crippen LogP contribution >= 0.6 is 11.3 Å². The van der Waals surface area contributed by atoms with Crippen molar-refractivity contribution in [1.29, 1.82) is 0 Å². The predicted molar refractivity (Wildman–Crippen MR) is 122 cm³/mol. The van der Waals surface area contributed by atoms with E-state index in [1.165, 1.54) is 0 Å². The zero-order valence-corrected chi connectivity index (χ0v) is 19.2. The summed E-state index contributed by atoms with van der Waals surface area (Å²) in [4.78, 5) is 21.5. The van der Waals surface area contributed by atoms with Crippen molar-refractivity contribution in [2.75, 3.05) is 24.6 Å². The van der Waals surface area contributed by atoms with Crippen LogP contribution in [0.5, 0.6) is 0 Å². The number of nitrogens with zero attached hydrogens (tertiary/aromatic N) is 4. The molecule has 3 aromatic heterocycles. The first-order chi connectivity index (χ1) is 14.9. The van der Waals surface area contributed by atoms with E-state index in [9.17, 15) is 13.2 Å². The first kappa shape index (κ1) is 20.6. The van der Waals surface area contributed by atoms with Crippen molar-refractivity contribution in [1.82, 2.24) is 19.7 Å². The number of aromatic nitrogens is 3. The molecule has 7 nitrogen and oxygen atoms in total. The molecule has 0 aromatic carbocycles. The van der Waals surface area contributed by atoms with Crippen molar-refractivity contribution in [2.45, 2.75) is 45.1 Å². The van der Waals surface area contributed by atoms with Gasteiger partial charge in [0.15, 0.2) is 15.5 Å². The molecule has 9 heteroatoms. The molecule has 31 heavy (non-hydrogen) atoms. The van der Waals surface area contributed by atoms with E-state index < -0.39 is 9.84 Å². The van der Waals surface area contributed by atoms with E-state index in [0.29, 0.717) is 17.6 Å². The summed E-state index contributed by atoms with van der Waals surface area (Å²) in [6.45, 7) is 3.42. The summed E-state index contributed by atoms with van der Waals surface area (Å²) in [5.41, 5.74) is 2.70. The fraction of sp³-hybridized carbons (Fsp3) is 0.500. The maximum Gasteiger partial charge on any atom is 0.254 e. The lowest BCUT2D eigenvalue weighted by Crippen LogP contribution is -2.32. The van der Waals surface area contributed by atoms with Crippen LogP contribution in [0.15, 0.2) is 23.6 Å². The van der Waals surface area contributed by atoms with Crippen molar-refractivity contribution in [3.63, 3.8) is 0 Å². The van der Waals surface area contributed by atoms with Gasteiger partial charge in [-0.25, -0.2) is 18.1 Å². The maximum absolute atomic E-state index is 13.6. The van der Waals surface area contributed by atoms with Crippen LogP contribution in [0.25, 0.3) is 21.6 Å². The second-order valence-electron chi connectivity index (χ2n) is 8.52. The maximum atomic E-state index is 13.6. The first-order valence-corrected chi connectivity index (χ1v) is 13.6. The highest BCUT2D eigenvalue weighted by Crippen LogP contribution is 2.34. The smallest absolute Gasteiger partial charge is 0.254 e. The molecule has 2 aliphatic heterocycles. The third kappa shape index (κ3) is 3.89. The van der Waals surface area contributed by atoms with Crippen LogP contribution in [-0.4, -0.2) is 58.6 Å². The quantitative estimate of drug-likeness (QED) is 0.595. The second kappa shape index (κ2) is 8.02. The fourth-order valence-electron chi connectivity index (χ4n) is 4.70. The van der Waals surface area contributed by atoms with Gasteiger partial charge in [-0.1, -0.05) is 18.9 Å². The number of pyridine rings is 1. The molecule has 0 spiro atoms. The van der Waals surface area contributed by atoms with E-state index in [-0.39, 0.29) is 23.5 Å². The van der Waals surface area contributed by atoms with Crippen LogP contribution in [-0.2, 0) is 9.84 Å². The number of carbonyl (C=O) groups excluding carboxylic acids is 1. The summed E-state index contributed by atoms with van der Waals surface area (Å²) >= 11 is 1.58. The third-order valence-corrected chi connectivity index (χ3v) is 8.93. The molecule has 0 aliphatic carbocycles. The van der Waals surface area contributed by atoms with Gasteiger partial charge >= 0.3 is 0 Å². The zero-order chi connectivity index (χ0) is 21.6. The van der Waals surface area contributed by atoms with Crippen LogP contribution in [0.1, 0.15) is 54.2 Å². The number of likely N-dealkylation sites (tertiary alicyclic amines) is 1. The number of hydrogen-bond acceptors (Lipinski definition) is 6. The molecule has 2 saturated heterocycles. The van der Waals surface area contributed by atoms with E-state index in [0.717, 1.165) is 60.4 Å². The lowest BCUT2D eigenvalue weighted by Gasteiger charge is -2.21. The van der Waals surface area contributed by atoms with Crippen molar-refractivity contribution in [2.24, 2.45) is 0 Å². The van der Waals surface area contributed by atoms with Gasteiger partial charge in [-0.2, -0.15) is 5.10 Å². The molecular weight excluding hydrogens is 432 g/mol. The van der Waals surface area contributed by atoms with Crippen LogP contribution in [0.3, 0.4) is 0 Å². The number of sulfone groups is 1. The van der Waals surface area contributed by atoms with E-state index in [1.54, 1.807) is 16.0 Å². The Balaban J connectivity index is 1.68. The average Bonchev–Trinajstić information content (AvgIpc) is 3.42. The largest absolute Gasteiger partial charge is 0.339 e. The van der Waals surface area contributed by atoms with Gasteiger partial charge in [0, 0.05) is 13.1 Å². The molecule has 5 rings (SSSR count). The predicted octanol–water partition coefficient (Wildman–Crippen LogP) is 3.84. The van der Waals surface area contributed by atoms with E-state index in [1.807, 2.05) is 35.4 Å². The number of amides is 1. The van der Waals surface area contributed by atoms with Crippen LogP contribution in [0.4, 0.5) is 0 Å². The minimum absolute atomic E-state index is 0.0220. The summed E-state index contributed by atoms with van der Waals surface area (Å²) in [5, 5.41) is 7.43. The summed E-state index contributed by atoms with van der Waals surface area (Å²) in [7, 11) is -3.07. The van der Waals surface area contributed by atoms with E-state index in [2.05, 4.69) is 5.10 Å². The van der Waals surface area contributed by atoms with Crippen LogP contribution < -0.4 is 0 Å². The first-order valence-electron chi connectivity index (χ1n) is 10.9. The number of aryl methyl sites for hydroxylation is 1. The average molecular weight is 459 g/mol. The minimum atomic E-state index is -3.07. The molecule has 2 fully saturated rings. The lowest BCUT2D eigenvalue weighted by molar-refractivity contribution is 0.0763. The molecule has 1 amide bonds. The summed E-state index contributed by atoms with van der Waals surface area (Å²) < 4.78 is 26.0. The van der Waals surface area contributed by atoms with E-state index >= 15 is 0 Å². The van der Waals surface area contributed by atoms with Gasteiger partial charge in [0.1, 0.15) is 0 Å². The lowest BCUT2D eigenvalue weighted by atomic mass is 10.1. The highest BCUT2D eigenvalue weighted by molar-refractivity contribution is 7.91. The van der Waals surface area contributed by atoms with Crippen molar-refractivity contribution < 1.29 is 13.2 Å². The number of thiophene rings is 1. The Morgan fingerprint density at radius 2 is 1.97 bits per heavy atom. The molecule has 0 bridgehead atoms. The van der Waals surface area contributed by atoms with Gasteiger partial charge in [-0.15, -0.1) is 11.3 Å². The topological polar surface area (TPSA) is 85.2 Å². The van der Waals surface area contributed by atoms with Crippen LogP contribution in [0.2, 0.25) is 0 Å². The second-order valence-corrected chi connectivity index (χ2v) is 11.7. The molecule has 3 aromatic rings. The standard InChI is InChI=1S/C22H26N4O3S2/c1-15-20-17(22(27)25-9-4-2-3-5-10-25)13-18(19-7-6-11-30-19)23-21(20)26(24-15)16-8-12-31(28,29)14-16/h6-7,11,13,16H,2-5,8-10,12,14H2,1H3. The zero-order valence-electron chi connectivity index (χ0n) is 17.6. The molecule has 2 aliphatic rings. The Morgan fingerprint density at radius 1 is 1.19 bits per heavy atom. The molecular formula is C22H26N4O3S2. The van der Waals surface area contributed by atoms with Crippen molar-refractivity contribution >= 4 is 38.1 Å². The Labute approximate surface area is 186 Å². The minimum Gasteiger partial charge on any atom is -0.339 e. The molecule has 0 N–H and O–H groups in total. The SMILES string of the molecule is Cc1nn(C2CCS(=O)(=O)C2)c2nc(-c3cccs3)cc(C(=O)N3CCCCCC3)c12. The van der Waals surface area contributed by atoms with Gasteiger partial charge in [0.2, 0.25) is 0 Å². The fourth-order valence-corrected chi connectivity index (χ4v) is 7.08. The Bertz CT molecular complexity index is 1220. The number of hydrogen-bond donors (Lipinski definition) is 0. The Kier molecular flexibility index (Phi) is 5.34. The summed E-state index contributed by atoms with van der Waals surface area (Å²) in [5.74, 6) is 0.264. The normalized spacial score (nSPS) is 21.5. The van der Waals surface area contributed by atoms with Gasteiger partial charge in [0.05, 0.1) is 44.8 Å². The Morgan fingerprint density at radius 3 is 2.61 bits per heavy atom. The summed E-state index contributed by atoms with van der Waals surface area (Å²) in [6.07, 6.45) is 4.89. The number of fused-ring (bicyclic) bond motifs is 1. The van der Waals surface area contributed by atoms with Crippen molar-refractivity contribution in [3.8, 4) is 10.6 Å². The molecule has 1 atom stereocenters. The van der Waals surface area contributed by atoms with Gasteiger partial charge in [0.25, 0.3) is 5.91 Å². The van der Waals surface area contributed by atoms with Gasteiger partial charge in [-0.05, 0) is 43.7 Å². The molecule has 5 heterocycles. The monoisotopic (exact) mass is 458 g/mol. The van der Waals surface area contributed by atoms with Crippen LogP contribution in [0, 0.1) is 6.92 Å². The molecule has 0 saturated carbocycles. The third-order valence-electron chi connectivity index (χ3n) is 6.29. The molecule has 0 radical (unpaired) electrons. The highest BCUT2D eigenvalue weighted by Gasteiger charge is 2.33. The molecule has 1 unspecified atom stereocenters. The molecule has 164 valence electrons. The van der Waals surface area contributed by atoms with E-state index in [4.69, 9.17) is 4.98 Å². The summed E-state index contributed by atoms with van der Waals surface area (Å²) in [6, 6.07) is 5.61. The van der Waals surface area contributed by atoms with Gasteiger partial charge in [-0.3, -0.25) is 4.79 Å². The van der Waals surface area contributed by atoms with Crippen molar-refractivity contribution in [3.05, 3.63) is 34.8 Å². The van der Waals surface area contributed by atoms with Gasteiger partial charge < -0.3 is 4.90 Å². The number of rotatable bonds is 3.